The van der Waals surface area contributed by atoms with Crippen LogP contribution >= 0.6 is 15.9 Å². The van der Waals surface area contributed by atoms with E-state index in [1.165, 1.54) is 0 Å². The molecule has 0 spiro atoms. The number of aryl methyl sites for hydroxylation is 1. The number of nitrogens with zero attached hydrogens (tertiary/aromatic N) is 4. The number of aromatic nitrogens is 3. The van der Waals surface area contributed by atoms with E-state index in [1.807, 2.05) is 29.9 Å². The zero-order chi connectivity index (χ0) is 17.4. The topological polar surface area (TPSA) is 54.2 Å². The average molecular weight is 401 g/mol. The highest BCUT2D eigenvalue weighted by Gasteiger charge is 2.28. The lowest BCUT2D eigenvalue weighted by molar-refractivity contribution is 0.0824. The molecule has 0 radical (unpaired) electrons. The van der Waals surface area contributed by atoms with Crippen molar-refractivity contribution in [1.29, 1.82) is 0 Å². The molecule has 3 heterocycles. The van der Waals surface area contributed by atoms with Crippen molar-refractivity contribution in [2.75, 3.05) is 18.0 Å². The zero-order valence-electron chi connectivity index (χ0n) is 14.1. The minimum absolute atomic E-state index is 0.244. The van der Waals surface area contributed by atoms with Crippen molar-refractivity contribution in [2.24, 2.45) is 13.0 Å². The maximum Gasteiger partial charge on any atom is 0.137 e. The molecule has 6 heteroatoms. The molecule has 1 aliphatic heterocycles. The van der Waals surface area contributed by atoms with E-state index in [0.29, 0.717) is 0 Å². The normalized spacial score (nSPS) is 17.2. The summed E-state index contributed by atoms with van der Waals surface area (Å²) < 4.78 is 2.97. The first-order chi connectivity index (χ1) is 12.1. The summed E-state index contributed by atoms with van der Waals surface area (Å²) in [5.41, 5.74) is 1.01. The van der Waals surface area contributed by atoms with Crippen molar-refractivity contribution < 1.29 is 5.11 Å². The molecule has 0 amide bonds. The van der Waals surface area contributed by atoms with Crippen molar-refractivity contribution in [3.63, 3.8) is 0 Å². The van der Waals surface area contributed by atoms with Crippen LogP contribution in [0.1, 0.15) is 24.8 Å². The fourth-order valence-electron chi connectivity index (χ4n) is 3.58. The Hall–Kier alpha value is -1.92. The number of anilines is 1. The van der Waals surface area contributed by atoms with E-state index < -0.39 is 6.10 Å². The lowest BCUT2D eigenvalue weighted by Gasteiger charge is -2.34. The SMILES string of the molecule is Cn1ccnc1C(O)C1CCN(c2ccc3cc(Br)ccc3n2)CC1. The molecule has 5 nitrogen and oxygen atoms in total. The molecule has 3 aromatic rings. The van der Waals surface area contributed by atoms with Crippen LogP contribution in [-0.2, 0) is 7.05 Å². The van der Waals surface area contributed by atoms with Gasteiger partial charge in [-0.05, 0) is 49.1 Å². The maximum absolute atomic E-state index is 10.6. The summed E-state index contributed by atoms with van der Waals surface area (Å²) in [5, 5.41) is 11.8. The molecule has 0 bridgehead atoms. The number of fused-ring (bicyclic) bond motifs is 1. The van der Waals surface area contributed by atoms with Gasteiger partial charge >= 0.3 is 0 Å². The molecule has 2 aromatic heterocycles. The first-order valence-corrected chi connectivity index (χ1v) is 9.37. The molecule has 1 aliphatic rings. The number of aliphatic hydroxyl groups excluding tert-OH is 1. The quantitative estimate of drug-likeness (QED) is 0.728. The van der Waals surface area contributed by atoms with Gasteiger partial charge in [-0.25, -0.2) is 9.97 Å². The second kappa shape index (κ2) is 6.77. The largest absolute Gasteiger partial charge is 0.385 e. The zero-order valence-corrected chi connectivity index (χ0v) is 15.7. The number of imidazole rings is 1. The lowest BCUT2D eigenvalue weighted by atomic mass is 9.90. The molecule has 25 heavy (non-hydrogen) atoms. The standard InChI is InChI=1S/C19H21BrN4O/c1-23-11-8-21-19(23)18(25)13-6-9-24(10-7-13)17-5-2-14-12-15(20)3-4-16(14)22-17/h2-5,8,11-13,18,25H,6-7,9-10H2,1H3. The lowest BCUT2D eigenvalue weighted by Crippen LogP contribution is -2.36. The highest BCUT2D eigenvalue weighted by Crippen LogP contribution is 2.31. The molecular formula is C19H21BrN4O. The molecule has 1 saturated heterocycles. The van der Waals surface area contributed by atoms with Crippen LogP contribution in [0.25, 0.3) is 10.9 Å². The van der Waals surface area contributed by atoms with Gasteiger partial charge in [0.15, 0.2) is 0 Å². The summed E-state index contributed by atoms with van der Waals surface area (Å²) in [7, 11) is 1.93. The van der Waals surface area contributed by atoms with Gasteiger partial charge in [-0.1, -0.05) is 15.9 Å². The molecule has 1 aromatic carbocycles. The number of benzene rings is 1. The first kappa shape index (κ1) is 16.5. The first-order valence-electron chi connectivity index (χ1n) is 8.58. The van der Waals surface area contributed by atoms with E-state index in [0.717, 1.165) is 52.9 Å². The van der Waals surface area contributed by atoms with Gasteiger partial charge in [-0.2, -0.15) is 0 Å². The van der Waals surface area contributed by atoms with Crippen molar-refractivity contribution in [2.45, 2.75) is 18.9 Å². The van der Waals surface area contributed by atoms with Gasteiger partial charge in [-0.3, -0.25) is 0 Å². The van der Waals surface area contributed by atoms with Gasteiger partial charge in [-0.15, -0.1) is 0 Å². The molecule has 1 N–H and O–H groups in total. The number of hydrogen-bond acceptors (Lipinski definition) is 4. The van der Waals surface area contributed by atoms with Crippen molar-refractivity contribution >= 4 is 32.7 Å². The summed E-state index contributed by atoms with van der Waals surface area (Å²) in [6.07, 6.45) is 5.00. The Labute approximate surface area is 155 Å². The van der Waals surface area contributed by atoms with Gasteiger partial charge in [0.05, 0.1) is 5.52 Å². The third kappa shape index (κ3) is 3.28. The minimum Gasteiger partial charge on any atom is -0.385 e. The van der Waals surface area contributed by atoms with E-state index >= 15 is 0 Å². The van der Waals surface area contributed by atoms with Gasteiger partial charge in [0.1, 0.15) is 17.7 Å². The average Bonchev–Trinajstić information content (AvgIpc) is 3.07. The van der Waals surface area contributed by atoms with Crippen LogP contribution < -0.4 is 4.90 Å². The molecule has 130 valence electrons. The summed E-state index contributed by atoms with van der Waals surface area (Å²) in [6.45, 7) is 1.81. The fourth-order valence-corrected chi connectivity index (χ4v) is 3.96. The van der Waals surface area contributed by atoms with Crippen molar-refractivity contribution in [3.05, 3.63) is 53.0 Å². The monoisotopic (exact) mass is 400 g/mol. The molecule has 1 unspecified atom stereocenters. The van der Waals surface area contributed by atoms with Crippen LogP contribution in [-0.4, -0.2) is 32.7 Å². The van der Waals surface area contributed by atoms with E-state index in [4.69, 9.17) is 4.98 Å². The van der Waals surface area contributed by atoms with Gasteiger partial charge in [0.2, 0.25) is 0 Å². The van der Waals surface area contributed by atoms with Crippen LogP contribution in [0.2, 0.25) is 0 Å². The molecule has 1 fully saturated rings. The Kier molecular flexibility index (Phi) is 4.48. The Morgan fingerprint density at radius 2 is 2.00 bits per heavy atom. The van der Waals surface area contributed by atoms with E-state index in [2.05, 4.69) is 44.0 Å². The Balaban J connectivity index is 1.46. The molecule has 4 rings (SSSR count). The third-order valence-corrected chi connectivity index (χ3v) is 5.56. The predicted octanol–water partition coefficient (Wildman–Crippen LogP) is 3.68. The number of aliphatic hydroxyl groups is 1. The number of piperidine rings is 1. The summed E-state index contributed by atoms with van der Waals surface area (Å²) in [6, 6.07) is 10.4. The Bertz CT molecular complexity index is 886. The second-order valence-electron chi connectivity index (χ2n) is 6.67. The third-order valence-electron chi connectivity index (χ3n) is 5.07. The number of pyridine rings is 1. The Morgan fingerprint density at radius 3 is 2.72 bits per heavy atom. The van der Waals surface area contributed by atoms with Crippen molar-refractivity contribution in [1.82, 2.24) is 14.5 Å². The number of rotatable bonds is 3. The fraction of sp³-hybridized carbons (Fsp3) is 0.368. The maximum atomic E-state index is 10.6. The van der Waals surface area contributed by atoms with Gasteiger partial charge in [0, 0.05) is 42.4 Å². The van der Waals surface area contributed by atoms with Crippen LogP contribution in [0.4, 0.5) is 5.82 Å². The van der Waals surface area contributed by atoms with E-state index in [-0.39, 0.29) is 5.92 Å². The van der Waals surface area contributed by atoms with E-state index in [9.17, 15) is 5.11 Å². The second-order valence-corrected chi connectivity index (χ2v) is 7.59. The van der Waals surface area contributed by atoms with Crippen LogP contribution in [0.3, 0.4) is 0 Å². The van der Waals surface area contributed by atoms with Crippen LogP contribution in [0.15, 0.2) is 47.2 Å². The summed E-state index contributed by atoms with van der Waals surface area (Å²) in [5.74, 6) is 2.02. The van der Waals surface area contributed by atoms with Crippen LogP contribution in [0, 0.1) is 5.92 Å². The molecule has 0 aliphatic carbocycles. The number of hydrogen-bond donors (Lipinski definition) is 1. The number of halogens is 1. The molecule has 0 saturated carbocycles. The van der Waals surface area contributed by atoms with Crippen molar-refractivity contribution in [3.8, 4) is 0 Å². The van der Waals surface area contributed by atoms with Gasteiger partial charge < -0.3 is 14.6 Å². The highest BCUT2D eigenvalue weighted by molar-refractivity contribution is 9.10. The molecule has 1 atom stereocenters. The predicted molar refractivity (Wildman–Crippen MR) is 103 cm³/mol. The van der Waals surface area contributed by atoms with Gasteiger partial charge in [0.25, 0.3) is 0 Å². The summed E-state index contributed by atoms with van der Waals surface area (Å²) >= 11 is 3.50. The summed E-state index contributed by atoms with van der Waals surface area (Å²) in [4.78, 5) is 11.4. The highest BCUT2D eigenvalue weighted by atomic mass is 79.9. The minimum atomic E-state index is -0.496. The Morgan fingerprint density at radius 1 is 1.20 bits per heavy atom. The van der Waals surface area contributed by atoms with E-state index in [1.54, 1.807) is 6.20 Å². The molecular weight excluding hydrogens is 380 g/mol. The van der Waals surface area contributed by atoms with Crippen LogP contribution in [0.5, 0.6) is 0 Å². The smallest absolute Gasteiger partial charge is 0.137 e.